The highest BCUT2D eigenvalue weighted by Gasteiger charge is 2.09. The van der Waals surface area contributed by atoms with E-state index < -0.39 is 0 Å². The first-order chi connectivity index (χ1) is 16.3. The molecule has 0 aliphatic heterocycles. The molecule has 1 N–H and O–H groups in total. The Hall–Kier alpha value is -4.36. The van der Waals surface area contributed by atoms with E-state index in [9.17, 15) is 0 Å². The molecule has 6 rings (SSSR count). The van der Waals surface area contributed by atoms with Crippen LogP contribution in [0.2, 0.25) is 0 Å². The molecule has 6 aromatic carbocycles. The molecule has 0 radical (unpaired) electrons. The predicted molar refractivity (Wildman–Crippen MR) is 142 cm³/mol. The third-order valence-corrected chi connectivity index (χ3v) is 6.22. The van der Waals surface area contributed by atoms with E-state index in [1.807, 2.05) is 0 Å². The van der Waals surface area contributed by atoms with Crippen molar-refractivity contribution >= 4 is 32.9 Å². The van der Waals surface area contributed by atoms with E-state index in [0.29, 0.717) is 0 Å². The Morgan fingerprint density at radius 3 is 1.67 bits per heavy atom. The van der Waals surface area contributed by atoms with Gasteiger partial charge < -0.3 is 5.32 Å². The van der Waals surface area contributed by atoms with Gasteiger partial charge in [0.25, 0.3) is 0 Å². The van der Waals surface area contributed by atoms with Crippen LogP contribution in [0.3, 0.4) is 0 Å². The van der Waals surface area contributed by atoms with Crippen LogP contribution >= 0.6 is 0 Å². The number of benzene rings is 6. The Labute approximate surface area is 194 Å². The van der Waals surface area contributed by atoms with Gasteiger partial charge in [0.15, 0.2) is 0 Å². The van der Waals surface area contributed by atoms with Gasteiger partial charge in [-0.2, -0.15) is 0 Å². The molecule has 0 saturated heterocycles. The van der Waals surface area contributed by atoms with Crippen LogP contribution in [0.5, 0.6) is 0 Å². The molecule has 0 saturated carbocycles. The Balaban J connectivity index is 1.44. The molecule has 0 unspecified atom stereocenters. The molecule has 156 valence electrons. The molecule has 0 spiro atoms. The summed E-state index contributed by atoms with van der Waals surface area (Å²) in [6.07, 6.45) is 0. The topological polar surface area (TPSA) is 12.0 Å². The lowest BCUT2D eigenvalue weighted by Crippen LogP contribution is -1.93. The molecular weight excluding hydrogens is 398 g/mol. The van der Waals surface area contributed by atoms with Crippen molar-refractivity contribution in [2.75, 3.05) is 5.32 Å². The van der Waals surface area contributed by atoms with Gasteiger partial charge in [-0.3, -0.25) is 0 Å². The maximum atomic E-state index is 3.65. The van der Waals surface area contributed by atoms with Gasteiger partial charge in [-0.25, -0.2) is 0 Å². The molecule has 1 heteroatoms. The van der Waals surface area contributed by atoms with Crippen LogP contribution in [-0.2, 0) is 0 Å². The zero-order chi connectivity index (χ0) is 22.0. The van der Waals surface area contributed by atoms with Crippen LogP contribution in [0.25, 0.3) is 43.8 Å². The number of hydrogen-bond donors (Lipinski definition) is 1. The number of hydrogen-bond acceptors (Lipinski definition) is 1. The molecule has 33 heavy (non-hydrogen) atoms. The summed E-state index contributed by atoms with van der Waals surface area (Å²) in [5.41, 5.74) is 7.05. The molecule has 0 heterocycles. The van der Waals surface area contributed by atoms with Crippen molar-refractivity contribution in [1.82, 2.24) is 0 Å². The highest BCUT2D eigenvalue weighted by molar-refractivity contribution is 6.08. The Bertz CT molecular complexity index is 1570. The zero-order valence-corrected chi connectivity index (χ0v) is 18.2. The average molecular weight is 422 g/mol. The van der Waals surface area contributed by atoms with Crippen molar-refractivity contribution in [3.8, 4) is 22.3 Å². The minimum Gasteiger partial charge on any atom is -0.355 e. The summed E-state index contributed by atoms with van der Waals surface area (Å²) in [6, 6.07) is 47.4. The lowest BCUT2D eigenvalue weighted by molar-refractivity contribution is 1.54. The Morgan fingerprint density at radius 1 is 0.364 bits per heavy atom. The Morgan fingerprint density at radius 2 is 0.909 bits per heavy atom. The summed E-state index contributed by atoms with van der Waals surface area (Å²) in [4.78, 5) is 0. The van der Waals surface area contributed by atoms with Gasteiger partial charge >= 0.3 is 0 Å². The lowest BCUT2D eigenvalue weighted by Gasteiger charge is -2.15. The largest absolute Gasteiger partial charge is 0.355 e. The summed E-state index contributed by atoms with van der Waals surface area (Å²) >= 11 is 0. The van der Waals surface area contributed by atoms with E-state index in [-0.39, 0.29) is 0 Å². The van der Waals surface area contributed by atoms with E-state index in [4.69, 9.17) is 0 Å². The van der Waals surface area contributed by atoms with Crippen molar-refractivity contribution in [3.05, 3.63) is 133 Å². The molecule has 0 aliphatic rings. The van der Waals surface area contributed by atoms with E-state index in [1.54, 1.807) is 0 Å². The van der Waals surface area contributed by atoms with Crippen LogP contribution in [0.4, 0.5) is 11.4 Å². The maximum Gasteiger partial charge on any atom is 0.0390 e. The molecule has 0 aliphatic carbocycles. The van der Waals surface area contributed by atoms with Crippen LogP contribution in [0.1, 0.15) is 0 Å². The van der Waals surface area contributed by atoms with Crippen molar-refractivity contribution in [1.29, 1.82) is 0 Å². The summed E-state index contributed by atoms with van der Waals surface area (Å²) in [5.74, 6) is 0. The quantitative estimate of drug-likeness (QED) is 0.280. The zero-order valence-electron chi connectivity index (χ0n) is 18.2. The van der Waals surface area contributed by atoms with Gasteiger partial charge in [0.1, 0.15) is 0 Å². The lowest BCUT2D eigenvalue weighted by atomic mass is 9.94. The second-order valence-electron chi connectivity index (χ2n) is 8.34. The molecule has 6 aromatic rings. The fourth-order valence-corrected chi connectivity index (χ4v) is 4.59. The van der Waals surface area contributed by atoms with E-state index in [2.05, 4.69) is 139 Å². The number of fused-ring (bicyclic) bond motifs is 3. The minimum absolute atomic E-state index is 1.08. The van der Waals surface area contributed by atoms with Crippen LogP contribution in [-0.4, -0.2) is 0 Å². The van der Waals surface area contributed by atoms with Crippen molar-refractivity contribution in [3.63, 3.8) is 0 Å². The van der Waals surface area contributed by atoms with E-state index >= 15 is 0 Å². The first-order valence-corrected chi connectivity index (χ1v) is 11.3. The second-order valence-corrected chi connectivity index (χ2v) is 8.34. The van der Waals surface area contributed by atoms with Crippen LogP contribution < -0.4 is 5.32 Å². The normalized spacial score (nSPS) is 11.0. The number of rotatable bonds is 4. The molecule has 1 nitrogen and oxygen atoms in total. The molecule has 0 bridgehead atoms. The third-order valence-electron chi connectivity index (χ3n) is 6.22. The van der Waals surface area contributed by atoms with Gasteiger partial charge in [-0.05, 0) is 68.1 Å². The van der Waals surface area contributed by atoms with Gasteiger partial charge in [0.2, 0.25) is 0 Å². The maximum absolute atomic E-state index is 3.65. The molecular formula is C32H23N. The van der Waals surface area contributed by atoms with Gasteiger partial charge in [-0.15, -0.1) is 0 Å². The first kappa shape index (κ1) is 19.3. The van der Waals surface area contributed by atoms with Crippen LogP contribution in [0, 0.1) is 0 Å². The van der Waals surface area contributed by atoms with E-state index in [0.717, 1.165) is 11.4 Å². The molecule has 0 aromatic heterocycles. The second kappa shape index (κ2) is 8.29. The van der Waals surface area contributed by atoms with Gasteiger partial charge in [0.05, 0.1) is 0 Å². The molecule has 0 amide bonds. The smallest absolute Gasteiger partial charge is 0.0390 e. The van der Waals surface area contributed by atoms with Crippen molar-refractivity contribution in [2.24, 2.45) is 0 Å². The summed E-state index contributed by atoms with van der Waals surface area (Å²) in [6.45, 7) is 0. The fourth-order valence-electron chi connectivity index (χ4n) is 4.59. The fraction of sp³-hybridized carbons (Fsp3) is 0. The highest BCUT2D eigenvalue weighted by Crippen LogP contribution is 2.36. The molecule has 0 atom stereocenters. The van der Waals surface area contributed by atoms with E-state index in [1.165, 1.54) is 43.8 Å². The summed E-state index contributed by atoms with van der Waals surface area (Å²) < 4.78 is 0. The number of nitrogens with one attached hydrogen (secondary N) is 1. The monoisotopic (exact) mass is 421 g/mol. The Kier molecular flexibility index (Phi) is 4.86. The van der Waals surface area contributed by atoms with Gasteiger partial charge in [-0.1, -0.05) is 109 Å². The van der Waals surface area contributed by atoms with Crippen LogP contribution in [0.15, 0.2) is 133 Å². The van der Waals surface area contributed by atoms with Crippen molar-refractivity contribution in [2.45, 2.75) is 0 Å². The van der Waals surface area contributed by atoms with Gasteiger partial charge in [0, 0.05) is 11.4 Å². The summed E-state index contributed by atoms with van der Waals surface area (Å²) in [5, 5.41) is 8.71. The third kappa shape index (κ3) is 3.75. The highest BCUT2D eigenvalue weighted by atomic mass is 14.9. The summed E-state index contributed by atoms with van der Waals surface area (Å²) in [7, 11) is 0. The number of anilines is 2. The SMILES string of the molecule is c1ccc(-c2ccc(Nc3ccc4ccc5ccccc5c4c3)cc2-c2ccccc2)cc1. The standard InChI is InChI=1S/C32H23N/c1-3-9-23(10-4-1)30-20-19-28(22-31(30)24-11-5-2-6-12-24)33-27-18-17-26-16-15-25-13-7-8-14-29(25)32(26)21-27/h1-22,33H. The first-order valence-electron chi connectivity index (χ1n) is 11.3. The molecule has 0 fully saturated rings. The van der Waals surface area contributed by atoms with Crippen molar-refractivity contribution < 1.29 is 0 Å². The minimum atomic E-state index is 1.08. The average Bonchev–Trinajstić information content (AvgIpc) is 2.89. The predicted octanol–water partition coefficient (Wildman–Crippen LogP) is 9.07.